The van der Waals surface area contributed by atoms with Crippen molar-refractivity contribution in [2.45, 2.75) is 12.3 Å². The van der Waals surface area contributed by atoms with Crippen LogP contribution < -0.4 is 0 Å². The van der Waals surface area contributed by atoms with Crippen LogP contribution in [-0.4, -0.2) is 27.9 Å². The van der Waals surface area contributed by atoms with E-state index in [2.05, 4.69) is 0 Å². The number of aliphatic hydroxyl groups is 1. The summed E-state index contributed by atoms with van der Waals surface area (Å²) in [6, 6.07) is 13.6. The average Bonchev–Trinajstić information content (AvgIpc) is 2.46. The summed E-state index contributed by atoms with van der Waals surface area (Å²) in [5.41, 5.74) is 1.57. The minimum atomic E-state index is -1.04. The summed E-state index contributed by atoms with van der Waals surface area (Å²) in [5, 5.41) is 28.3. The highest BCUT2D eigenvalue weighted by atomic mass is 16.4. The van der Waals surface area contributed by atoms with E-state index in [1.165, 1.54) is 18.2 Å². The zero-order valence-corrected chi connectivity index (χ0v) is 10.9. The Morgan fingerprint density at radius 3 is 2.40 bits per heavy atom. The Hall–Kier alpha value is -2.33. The van der Waals surface area contributed by atoms with Crippen LogP contribution in [0.3, 0.4) is 0 Å². The van der Waals surface area contributed by atoms with Crippen molar-refractivity contribution >= 4 is 5.97 Å². The predicted octanol–water partition coefficient (Wildman–Crippen LogP) is 2.60. The lowest BCUT2D eigenvalue weighted by molar-refractivity contribution is 0.0696. The van der Waals surface area contributed by atoms with E-state index >= 15 is 0 Å². The second-order valence-electron chi connectivity index (χ2n) is 4.55. The van der Waals surface area contributed by atoms with Gasteiger partial charge in [-0.05, 0) is 30.2 Å². The fourth-order valence-corrected chi connectivity index (χ4v) is 2.28. The van der Waals surface area contributed by atoms with Crippen molar-refractivity contribution in [3.63, 3.8) is 0 Å². The van der Waals surface area contributed by atoms with Gasteiger partial charge in [-0.2, -0.15) is 0 Å². The summed E-state index contributed by atoms with van der Waals surface area (Å²) in [7, 11) is 0. The van der Waals surface area contributed by atoms with Gasteiger partial charge < -0.3 is 15.3 Å². The highest BCUT2D eigenvalue weighted by Gasteiger charge is 2.19. The molecular weight excluding hydrogens is 256 g/mol. The Kier molecular flexibility index (Phi) is 4.38. The molecule has 0 aliphatic carbocycles. The number of hydrogen-bond acceptors (Lipinski definition) is 3. The number of aromatic hydroxyl groups is 1. The van der Waals surface area contributed by atoms with E-state index in [0.717, 1.165) is 5.56 Å². The zero-order valence-electron chi connectivity index (χ0n) is 10.9. The predicted molar refractivity (Wildman–Crippen MR) is 75.1 cm³/mol. The molecule has 0 heterocycles. The van der Waals surface area contributed by atoms with Crippen molar-refractivity contribution in [1.82, 2.24) is 0 Å². The average molecular weight is 272 g/mol. The molecule has 0 aromatic heterocycles. The number of aliphatic hydroxyl groups excluding tert-OH is 1. The van der Waals surface area contributed by atoms with Crippen molar-refractivity contribution in [1.29, 1.82) is 0 Å². The number of aromatic carboxylic acids is 1. The van der Waals surface area contributed by atoms with Gasteiger partial charge in [0.15, 0.2) is 0 Å². The van der Waals surface area contributed by atoms with Gasteiger partial charge in [0.1, 0.15) is 5.75 Å². The summed E-state index contributed by atoms with van der Waals surface area (Å²) >= 11 is 0. The molecule has 2 aromatic rings. The SMILES string of the molecule is O=C(O)c1ccc(O)c(C(CCO)c2ccccc2)c1. The maximum Gasteiger partial charge on any atom is 0.335 e. The fourth-order valence-electron chi connectivity index (χ4n) is 2.28. The van der Waals surface area contributed by atoms with Gasteiger partial charge >= 0.3 is 5.97 Å². The van der Waals surface area contributed by atoms with Gasteiger partial charge in [-0.25, -0.2) is 4.79 Å². The van der Waals surface area contributed by atoms with E-state index in [1.54, 1.807) is 0 Å². The summed E-state index contributed by atoms with van der Waals surface area (Å²) in [4.78, 5) is 11.1. The van der Waals surface area contributed by atoms with E-state index in [-0.39, 0.29) is 23.8 Å². The second-order valence-corrected chi connectivity index (χ2v) is 4.55. The van der Waals surface area contributed by atoms with Crippen LogP contribution in [0.2, 0.25) is 0 Å². The standard InChI is InChI=1S/C16H16O4/c17-9-8-13(11-4-2-1-3-5-11)14-10-12(16(19)20)6-7-15(14)18/h1-7,10,13,17-18H,8-9H2,(H,19,20). The monoisotopic (exact) mass is 272 g/mol. The van der Waals surface area contributed by atoms with Crippen LogP contribution in [0.1, 0.15) is 33.8 Å². The van der Waals surface area contributed by atoms with Crippen LogP contribution in [-0.2, 0) is 0 Å². The molecule has 2 rings (SSSR count). The molecule has 0 saturated carbocycles. The van der Waals surface area contributed by atoms with Crippen LogP contribution in [0.5, 0.6) is 5.75 Å². The van der Waals surface area contributed by atoms with E-state index in [0.29, 0.717) is 12.0 Å². The third-order valence-corrected chi connectivity index (χ3v) is 3.27. The number of carboxylic acid groups (broad SMARTS) is 1. The molecule has 3 N–H and O–H groups in total. The highest BCUT2D eigenvalue weighted by Crippen LogP contribution is 2.34. The van der Waals surface area contributed by atoms with Crippen LogP contribution >= 0.6 is 0 Å². The van der Waals surface area contributed by atoms with Crippen LogP contribution in [0.25, 0.3) is 0 Å². The fraction of sp³-hybridized carbons (Fsp3) is 0.188. The maximum absolute atomic E-state index is 11.1. The van der Waals surface area contributed by atoms with Crippen LogP contribution in [0, 0.1) is 0 Å². The summed E-state index contributed by atoms with van der Waals surface area (Å²) in [6.45, 7) is -0.0453. The number of phenolic OH excluding ortho intramolecular Hbond substituents is 1. The van der Waals surface area contributed by atoms with E-state index < -0.39 is 5.97 Å². The number of rotatable bonds is 5. The molecule has 104 valence electrons. The van der Waals surface area contributed by atoms with Gasteiger partial charge in [-0.15, -0.1) is 0 Å². The van der Waals surface area contributed by atoms with Gasteiger partial charge in [0, 0.05) is 18.1 Å². The van der Waals surface area contributed by atoms with E-state index in [4.69, 9.17) is 5.11 Å². The molecule has 0 amide bonds. The van der Waals surface area contributed by atoms with Gasteiger partial charge in [-0.3, -0.25) is 0 Å². The van der Waals surface area contributed by atoms with Gasteiger partial charge in [0.25, 0.3) is 0 Å². The number of carboxylic acids is 1. The molecule has 4 nitrogen and oxygen atoms in total. The van der Waals surface area contributed by atoms with Crippen molar-refractivity contribution < 1.29 is 20.1 Å². The molecule has 0 spiro atoms. The van der Waals surface area contributed by atoms with Crippen LogP contribution in [0.15, 0.2) is 48.5 Å². The van der Waals surface area contributed by atoms with Crippen molar-refractivity contribution in [3.8, 4) is 5.75 Å². The van der Waals surface area contributed by atoms with Crippen molar-refractivity contribution in [3.05, 3.63) is 65.2 Å². The molecule has 0 radical (unpaired) electrons. The Labute approximate surface area is 116 Å². The van der Waals surface area contributed by atoms with Crippen LogP contribution in [0.4, 0.5) is 0 Å². The minimum Gasteiger partial charge on any atom is -0.508 e. The molecule has 0 saturated heterocycles. The summed E-state index contributed by atoms with van der Waals surface area (Å²) < 4.78 is 0. The lowest BCUT2D eigenvalue weighted by Crippen LogP contribution is -2.06. The lowest BCUT2D eigenvalue weighted by atomic mass is 9.87. The maximum atomic E-state index is 11.1. The second kappa shape index (κ2) is 6.21. The van der Waals surface area contributed by atoms with Gasteiger partial charge in [-0.1, -0.05) is 30.3 Å². The zero-order chi connectivity index (χ0) is 14.5. The summed E-state index contributed by atoms with van der Waals surface area (Å²) in [6.07, 6.45) is 0.417. The molecule has 1 atom stereocenters. The third kappa shape index (κ3) is 2.97. The Morgan fingerprint density at radius 2 is 1.80 bits per heavy atom. The molecule has 0 fully saturated rings. The molecule has 0 aliphatic heterocycles. The first kappa shape index (κ1) is 14.1. The first-order valence-electron chi connectivity index (χ1n) is 6.35. The van der Waals surface area contributed by atoms with Gasteiger partial charge in [0.2, 0.25) is 0 Å². The molecule has 20 heavy (non-hydrogen) atoms. The Morgan fingerprint density at radius 1 is 1.10 bits per heavy atom. The molecule has 0 bridgehead atoms. The van der Waals surface area contributed by atoms with Gasteiger partial charge in [0.05, 0.1) is 5.56 Å². The topological polar surface area (TPSA) is 77.8 Å². The molecule has 2 aromatic carbocycles. The Balaban J connectivity index is 2.49. The van der Waals surface area contributed by atoms with E-state index in [9.17, 15) is 15.0 Å². The largest absolute Gasteiger partial charge is 0.508 e. The van der Waals surface area contributed by atoms with Crippen molar-refractivity contribution in [2.75, 3.05) is 6.61 Å². The smallest absolute Gasteiger partial charge is 0.335 e. The molecule has 0 aliphatic rings. The third-order valence-electron chi connectivity index (χ3n) is 3.27. The Bertz CT molecular complexity index is 593. The quantitative estimate of drug-likeness (QED) is 0.781. The molecule has 1 unspecified atom stereocenters. The first-order chi connectivity index (χ1) is 9.63. The molecular formula is C16H16O4. The number of carbonyl (C=O) groups is 1. The summed E-state index contributed by atoms with van der Waals surface area (Å²) in [5.74, 6) is -1.24. The number of benzene rings is 2. The van der Waals surface area contributed by atoms with Crippen molar-refractivity contribution in [2.24, 2.45) is 0 Å². The first-order valence-corrected chi connectivity index (χ1v) is 6.35. The normalized spacial score (nSPS) is 12.1. The number of hydrogen-bond donors (Lipinski definition) is 3. The number of phenols is 1. The molecule has 4 heteroatoms. The van der Waals surface area contributed by atoms with E-state index in [1.807, 2.05) is 30.3 Å². The highest BCUT2D eigenvalue weighted by molar-refractivity contribution is 5.88. The lowest BCUT2D eigenvalue weighted by Gasteiger charge is -2.18. The minimum absolute atomic E-state index is 0.0392.